The molecule has 0 unspecified atom stereocenters. The van der Waals surface area contributed by atoms with Gasteiger partial charge in [0.1, 0.15) is 0 Å². The maximum Gasteiger partial charge on any atom is 0.313 e. The Bertz CT molecular complexity index is 991. The third kappa shape index (κ3) is 1.76. The van der Waals surface area contributed by atoms with Crippen LogP contribution in [0.1, 0.15) is 57.8 Å². The highest BCUT2D eigenvalue weighted by atomic mass is 16.6. The molecule has 1 amide bonds. The normalized spacial score (nSPS) is 34.0. The van der Waals surface area contributed by atoms with E-state index in [1.165, 1.54) is 10.9 Å². The molecule has 1 saturated carbocycles. The zero-order valence-corrected chi connectivity index (χ0v) is 16.4. The molecule has 5 rings (SSSR count). The van der Waals surface area contributed by atoms with Crippen LogP contribution < -0.4 is 0 Å². The Morgan fingerprint density at radius 3 is 2.63 bits per heavy atom. The molecule has 27 heavy (non-hydrogen) atoms. The summed E-state index contributed by atoms with van der Waals surface area (Å²) in [4.78, 5) is 31.8. The Morgan fingerprint density at radius 1 is 1.22 bits per heavy atom. The first kappa shape index (κ1) is 16.8. The van der Waals surface area contributed by atoms with E-state index in [1.807, 2.05) is 31.7 Å². The number of ether oxygens (including phenoxy) is 1. The average Bonchev–Trinajstić information content (AvgIpc) is 3.17. The number of hydrogen-bond acceptors (Lipinski definition) is 3. The number of nitrogens with one attached hydrogen (secondary N) is 1. The lowest BCUT2D eigenvalue weighted by molar-refractivity contribution is -0.175. The zero-order valence-electron chi connectivity index (χ0n) is 16.4. The molecule has 0 radical (unpaired) electrons. The number of rotatable bonds is 1. The number of hydrogen-bond donors (Lipinski definition) is 1. The molecule has 1 saturated heterocycles. The maximum absolute atomic E-state index is 13.8. The maximum atomic E-state index is 13.8. The lowest BCUT2D eigenvalue weighted by Crippen LogP contribution is -2.56. The Balaban J connectivity index is 1.55. The van der Waals surface area contributed by atoms with Crippen LogP contribution in [-0.4, -0.2) is 33.9 Å². The molecular weight excluding hydrogens is 340 g/mol. The Hall–Kier alpha value is -2.30. The van der Waals surface area contributed by atoms with Crippen LogP contribution in [0.2, 0.25) is 0 Å². The molecule has 5 heteroatoms. The van der Waals surface area contributed by atoms with Gasteiger partial charge in [0.25, 0.3) is 5.91 Å². The van der Waals surface area contributed by atoms with Crippen LogP contribution in [0.15, 0.2) is 24.3 Å². The van der Waals surface area contributed by atoms with Crippen LogP contribution in [0.4, 0.5) is 0 Å². The summed E-state index contributed by atoms with van der Waals surface area (Å²) < 4.78 is 5.84. The summed E-state index contributed by atoms with van der Waals surface area (Å²) in [6, 6.07) is 8.23. The summed E-state index contributed by atoms with van der Waals surface area (Å²) >= 11 is 0. The quantitative estimate of drug-likeness (QED) is 0.782. The predicted octanol–water partition coefficient (Wildman–Crippen LogP) is 3.74. The van der Waals surface area contributed by atoms with Gasteiger partial charge in [0.15, 0.2) is 5.60 Å². The Kier molecular flexibility index (Phi) is 3.08. The number of carbonyl (C=O) groups is 2. The van der Waals surface area contributed by atoms with Gasteiger partial charge < -0.3 is 14.6 Å². The van der Waals surface area contributed by atoms with Gasteiger partial charge in [-0.2, -0.15) is 0 Å². The van der Waals surface area contributed by atoms with Gasteiger partial charge in [0.05, 0.1) is 11.5 Å². The third-order valence-electron chi connectivity index (χ3n) is 8.02. The van der Waals surface area contributed by atoms with E-state index in [1.54, 1.807) is 0 Å². The van der Waals surface area contributed by atoms with Crippen molar-refractivity contribution in [3.05, 3.63) is 35.5 Å². The first-order valence-corrected chi connectivity index (χ1v) is 9.87. The molecule has 142 valence electrons. The minimum absolute atomic E-state index is 0.0288. The average molecular weight is 366 g/mol. The molecule has 1 aromatic heterocycles. The van der Waals surface area contributed by atoms with Gasteiger partial charge in [-0.05, 0) is 44.7 Å². The first-order chi connectivity index (χ1) is 12.7. The second-order valence-corrected chi connectivity index (χ2v) is 9.16. The van der Waals surface area contributed by atoms with E-state index < -0.39 is 16.4 Å². The number of fused-ring (bicyclic) bond motifs is 5. The van der Waals surface area contributed by atoms with Gasteiger partial charge in [0.2, 0.25) is 0 Å². The lowest BCUT2D eigenvalue weighted by atomic mass is 9.66. The third-order valence-corrected chi connectivity index (χ3v) is 8.02. The second-order valence-electron chi connectivity index (χ2n) is 9.16. The second kappa shape index (κ2) is 4.94. The summed E-state index contributed by atoms with van der Waals surface area (Å²) in [5.74, 6) is -0.248. The van der Waals surface area contributed by atoms with Crippen LogP contribution >= 0.6 is 0 Å². The lowest BCUT2D eigenvalue weighted by Gasteiger charge is -2.42. The van der Waals surface area contributed by atoms with Gasteiger partial charge in [-0.3, -0.25) is 9.59 Å². The highest BCUT2D eigenvalue weighted by Gasteiger charge is 2.76. The molecule has 2 bridgehead atoms. The first-order valence-electron chi connectivity index (χ1n) is 9.87. The van der Waals surface area contributed by atoms with Gasteiger partial charge in [-0.1, -0.05) is 32.0 Å². The Morgan fingerprint density at radius 2 is 1.96 bits per heavy atom. The molecule has 2 aliphatic heterocycles. The van der Waals surface area contributed by atoms with Crippen LogP contribution in [-0.2, 0) is 20.7 Å². The number of para-hydroxylation sites is 1. The molecule has 0 spiro atoms. The van der Waals surface area contributed by atoms with E-state index in [0.717, 1.165) is 17.6 Å². The standard InChI is InChI=1S/C22H26N2O3/c1-13-17-15(14-7-5-6-8-16(14)23-17)9-12-24(13)18(25)22-11-10-21(4,19(26)27-22)20(22,2)3/h5-8,13,23H,9-12H2,1-4H3/t13-,21+,22-/m1/s1. The van der Waals surface area contributed by atoms with E-state index in [2.05, 4.69) is 30.1 Å². The SMILES string of the molecule is C[C@@H]1c2[nH]c3ccccc3c2CCN1C(=O)[C@@]12CC[C@@](C)(C(=O)O1)C2(C)C. The van der Waals surface area contributed by atoms with Crippen LogP contribution in [0, 0.1) is 10.8 Å². The molecule has 1 N–H and O–H groups in total. The van der Waals surface area contributed by atoms with Crippen molar-refractivity contribution in [3.63, 3.8) is 0 Å². The number of nitrogens with zero attached hydrogens (tertiary/aromatic N) is 1. The van der Waals surface area contributed by atoms with Gasteiger partial charge in [0, 0.05) is 28.6 Å². The molecule has 2 fully saturated rings. The van der Waals surface area contributed by atoms with Crippen molar-refractivity contribution in [2.45, 2.75) is 58.6 Å². The molecule has 1 aliphatic carbocycles. The summed E-state index contributed by atoms with van der Waals surface area (Å²) in [6.07, 6.45) is 2.14. The van der Waals surface area contributed by atoms with Crippen molar-refractivity contribution >= 4 is 22.8 Å². The predicted molar refractivity (Wildman–Crippen MR) is 102 cm³/mol. The monoisotopic (exact) mass is 366 g/mol. The van der Waals surface area contributed by atoms with Crippen LogP contribution in [0.3, 0.4) is 0 Å². The van der Waals surface area contributed by atoms with Crippen molar-refractivity contribution in [3.8, 4) is 0 Å². The van der Waals surface area contributed by atoms with Gasteiger partial charge >= 0.3 is 5.97 Å². The number of aromatic amines is 1. The number of esters is 1. The number of amides is 1. The highest BCUT2D eigenvalue weighted by molar-refractivity contribution is 5.97. The van der Waals surface area contributed by atoms with Crippen LogP contribution in [0.5, 0.6) is 0 Å². The van der Waals surface area contributed by atoms with E-state index in [9.17, 15) is 9.59 Å². The number of carbonyl (C=O) groups excluding carboxylic acids is 2. The van der Waals surface area contributed by atoms with Gasteiger partial charge in [-0.15, -0.1) is 0 Å². The topological polar surface area (TPSA) is 62.4 Å². The van der Waals surface area contributed by atoms with Crippen molar-refractivity contribution in [1.82, 2.24) is 9.88 Å². The van der Waals surface area contributed by atoms with E-state index >= 15 is 0 Å². The van der Waals surface area contributed by atoms with Crippen LogP contribution in [0.25, 0.3) is 10.9 Å². The number of H-pyrrole nitrogens is 1. The number of aromatic nitrogens is 1. The fraction of sp³-hybridized carbons (Fsp3) is 0.545. The minimum Gasteiger partial charge on any atom is -0.448 e. The fourth-order valence-electron chi connectivity index (χ4n) is 5.66. The fourth-order valence-corrected chi connectivity index (χ4v) is 5.66. The van der Waals surface area contributed by atoms with E-state index in [-0.39, 0.29) is 17.9 Å². The molecule has 1 aromatic carbocycles. The molecular formula is C22H26N2O3. The Labute approximate surface area is 159 Å². The van der Waals surface area contributed by atoms with Crippen molar-refractivity contribution in [2.24, 2.45) is 10.8 Å². The largest absolute Gasteiger partial charge is 0.448 e. The summed E-state index contributed by atoms with van der Waals surface area (Å²) in [5, 5.41) is 1.24. The van der Waals surface area contributed by atoms with Crippen molar-refractivity contribution in [2.75, 3.05) is 6.54 Å². The van der Waals surface area contributed by atoms with E-state index in [4.69, 9.17) is 4.74 Å². The zero-order chi connectivity index (χ0) is 19.2. The number of benzene rings is 1. The summed E-state index contributed by atoms with van der Waals surface area (Å²) in [6.45, 7) is 8.71. The summed E-state index contributed by atoms with van der Waals surface area (Å²) in [5.41, 5.74) is 1.41. The minimum atomic E-state index is -1.03. The summed E-state index contributed by atoms with van der Waals surface area (Å²) in [7, 11) is 0. The van der Waals surface area contributed by atoms with Crippen molar-refractivity contribution in [1.29, 1.82) is 0 Å². The molecule has 3 heterocycles. The molecule has 5 nitrogen and oxygen atoms in total. The van der Waals surface area contributed by atoms with Gasteiger partial charge in [-0.25, -0.2) is 0 Å². The molecule has 3 atom stereocenters. The van der Waals surface area contributed by atoms with E-state index in [0.29, 0.717) is 19.4 Å². The molecule has 2 aromatic rings. The van der Waals surface area contributed by atoms with Crippen molar-refractivity contribution < 1.29 is 14.3 Å². The highest BCUT2D eigenvalue weighted by Crippen LogP contribution is 2.66. The smallest absolute Gasteiger partial charge is 0.313 e. The molecule has 3 aliphatic rings.